The number of aryl methyl sites for hydroxylation is 1. The maximum atomic E-state index is 12.5. The van der Waals surface area contributed by atoms with E-state index in [1.54, 1.807) is 11.3 Å². The second-order valence-electron chi connectivity index (χ2n) is 6.20. The highest BCUT2D eigenvalue weighted by Gasteiger charge is 2.28. The van der Waals surface area contributed by atoms with E-state index in [4.69, 9.17) is 0 Å². The predicted molar refractivity (Wildman–Crippen MR) is 92.5 cm³/mol. The van der Waals surface area contributed by atoms with Crippen LogP contribution in [0.2, 0.25) is 0 Å². The van der Waals surface area contributed by atoms with E-state index in [0.717, 1.165) is 33.8 Å². The molecule has 1 aliphatic heterocycles. The number of rotatable bonds is 3. The zero-order valence-electron chi connectivity index (χ0n) is 13.4. The summed E-state index contributed by atoms with van der Waals surface area (Å²) < 4.78 is 1.16. The van der Waals surface area contributed by atoms with Crippen LogP contribution in [-0.2, 0) is 4.79 Å². The zero-order chi connectivity index (χ0) is 15.7. The molecule has 1 fully saturated rings. The fraction of sp³-hybridized carbons (Fsp3) is 0.529. The Labute approximate surface area is 135 Å². The van der Waals surface area contributed by atoms with E-state index in [-0.39, 0.29) is 5.91 Å². The Bertz CT molecular complexity index is 672. The Kier molecular flexibility index (Phi) is 4.34. The number of benzene rings is 1. The number of amides is 1. The van der Waals surface area contributed by atoms with Crippen LogP contribution in [0.25, 0.3) is 10.2 Å². The van der Waals surface area contributed by atoms with Gasteiger partial charge in [-0.3, -0.25) is 4.79 Å². The summed E-state index contributed by atoms with van der Waals surface area (Å²) in [4.78, 5) is 19.0. The first-order chi connectivity index (χ1) is 10.5. The Hall–Kier alpha value is -1.62. The van der Waals surface area contributed by atoms with Gasteiger partial charge in [0.05, 0.1) is 21.8 Å². The van der Waals surface area contributed by atoms with E-state index in [1.807, 2.05) is 24.0 Å². The van der Waals surface area contributed by atoms with Crippen LogP contribution in [-0.4, -0.2) is 34.4 Å². The van der Waals surface area contributed by atoms with E-state index in [1.165, 1.54) is 6.42 Å². The number of carbonyl (C=O) groups excluding carboxylic acids is 1. The Morgan fingerprint density at radius 2 is 2.09 bits per heavy atom. The highest BCUT2D eigenvalue weighted by atomic mass is 32.1. The van der Waals surface area contributed by atoms with Crippen LogP contribution in [0, 0.1) is 6.92 Å². The molecule has 4 nitrogen and oxygen atoms in total. The summed E-state index contributed by atoms with van der Waals surface area (Å²) in [5.41, 5.74) is 2.01. The second kappa shape index (κ2) is 6.24. The van der Waals surface area contributed by atoms with Gasteiger partial charge in [-0.15, -0.1) is 11.3 Å². The molecule has 0 bridgehead atoms. The number of anilines is 1. The maximum Gasteiger partial charge on any atom is 0.242 e. The average Bonchev–Trinajstić information content (AvgIpc) is 2.84. The molecule has 0 aliphatic carbocycles. The maximum absolute atomic E-state index is 12.5. The van der Waals surface area contributed by atoms with Crippen molar-refractivity contribution in [2.75, 3.05) is 11.9 Å². The van der Waals surface area contributed by atoms with Crippen molar-refractivity contribution in [2.24, 2.45) is 0 Å². The van der Waals surface area contributed by atoms with E-state index >= 15 is 0 Å². The van der Waals surface area contributed by atoms with Crippen molar-refractivity contribution in [1.82, 2.24) is 9.88 Å². The van der Waals surface area contributed by atoms with Crippen LogP contribution in [0.3, 0.4) is 0 Å². The summed E-state index contributed by atoms with van der Waals surface area (Å²) >= 11 is 1.68. The lowest BCUT2D eigenvalue weighted by Gasteiger charge is -2.39. The molecule has 1 aliphatic rings. The number of hydrogen-bond donors (Lipinski definition) is 1. The number of nitrogens with one attached hydrogen (secondary N) is 1. The summed E-state index contributed by atoms with van der Waals surface area (Å²) in [6.45, 7) is 6.68. The third kappa shape index (κ3) is 3.09. The fourth-order valence-electron chi connectivity index (χ4n) is 3.33. The van der Waals surface area contributed by atoms with E-state index < -0.39 is 0 Å². The normalized spacial score (nSPS) is 22.0. The molecular formula is C17H23N3OS. The minimum absolute atomic E-state index is 0.195. The molecule has 0 saturated carbocycles. The topological polar surface area (TPSA) is 45.2 Å². The molecule has 1 aromatic carbocycles. The van der Waals surface area contributed by atoms with Crippen LogP contribution in [0.5, 0.6) is 0 Å². The zero-order valence-corrected chi connectivity index (χ0v) is 14.2. The number of thiazole rings is 1. The summed E-state index contributed by atoms with van der Waals surface area (Å²) in [5, 5.41) is 4.34. The monoisotopic (exact) mass is 317 g/mol. The highest BCUT2D eigenvalue weighted by Crippen LogP contribution is 2.25. The van der Waals surface area contributed by atoms with Crippen LogP contribution in [0.15, 0.2) is 18.2 Å². The van der Waals surface area contributed by atoms with Gasteiger partial charge in [-0.1, -0.05) is 0 Å². The van der Waals surface area contributed by atoms with Gasteiger partial charge in [-0.25, -0.2) is 4.98 Å². The molecule has 22 heavy (non-hydrogen) atoms. The number of nitrogens with zero attached hydrogens (tertiary/aromatic N) is 2. The van der Waals surface area contributed by atoms with Gasteiger partial charge >= 0.3 is 0 Å². The van der Waals surface area contributed by atoms with E-state index in [2.05, 4.69) is 30.2 Å². The third-order valence-electron chi connectivity index (χ3n) is 4.42. The van der Waals surface area contributed by atoms with Gasteiger partial charge in [0.2, 0.25) is 5.91 Å². The molecule has 118 valence electrons. The number of aromatic nitrogens is 1. The standard InChI is InChI=1S/C17H23N3OS/c1-11-5-4-6-12(2)20(11)17(21)10-18-14-7-8-15-16(9-14)22-13(3)19-15/h7-9,11-12,18H,4-6,10H2,1-3H3. The van der Waals surface area contributed by atoms with Crippen LogP contribution >= 0.6 is 11.3 Å². The molecule has 1 saturated heterocycles. The van der Waals surface area contributed by atoms with Gasteiger partial charge in [-0.05, 0) is 58.2 Å². The van der Waals surface area contributed by atoms with Gasteiger partial charge in [0.25, 0.3) is 0 Å². The number of likely N-dealkylation sites (tertiary alicyclic amines) is 1. The van der Waals surface area contributed by atoms with Gasteiger partial charge in [0, 0.05) is 17.8 Å². The van der Waals surface area contributed by atoms with Crippen LogP contribution in [0.4, 0.5) is 5.69 Å². The first kappa shape index (κ1) is 15.3. The summed E-state index contributed by atoms with van der Waals surface area (Å²) in [5.74, 6) is 0.195. The summed E-state index contributed by atoms with van der Waals surface area (Å²) in [7, 11) is 0. The van der Waals surface area contributed by atoms with Crippen molar-refractivity contribution in [3.8, 4) is 0 Å². The first-order valence-corrected chi connectivity index (χ1v) is 8.78. The van der Waals surface area contributed by atoms with Gasteiger partial charge in [0.1, 0.15) is 0 Å². The lowest BCUT2D eigenvalue weighted by molar-refractivity contribution is -0.135. The van der Waals surface area contributed by atoms with Crippen molar-refractivity contribution in [3.63, 3.8) is 0 Å². The van der Waals surface area contributed by atoms with Gasteiger partial charge < -0.3 is 10.2 Å². The number of piperidine rings is 1. The Morgan fingerprint density at radius 3 is 2.82 bits per heavy atom. The number of fused-ring (bicyclic) bond motifs is 1. The molecule has 0 spiro atoms. The van der Waals surface area contributed by atoms with Crippen LogP contribution in [0.1, 0.15) is 38.1 Å². The molecule has 2 unspecified atom stereocenters. The van der Waals surface area contributed by atoms with E-state index in [0.29, 0.717) is 18.6 Å². The first-order valence-electron chi connectivity index (χ1n) is 7.97. The summed E-state index contributed by atoms with van der Waals surface area (Å²) in [6, 6.07) is 6.79. The molecule has 0 radical (unpaired) electrons. The molecular weight excluding hydrogens is 294 g/mol. The van der Waals surface area contributed by atoms with Crippen molar-refractivity contribution < 1.29 is 4.79 Å². The third-order valence-corrected chi connectivity index (χ3v) is 5.35. The number of hydrogen-bond acceptors (Lipinski definition) is 4. The minimum atomic E-state index is 0.195. The van der Waals surface area contributed by atoms with Gasteiger partial charge in [0.15, 0.2) is 0 Å². The van der Waals surface area contributed by atoms with Crippen LogP contribution < -0.4 is 5.32 Å². The minimum Gasteiger partial charge on any atom is -0.376 e. The average molecular weight is 317 g/mol. The largest absolute Gasteiger partial charge is 0.376 e. The predicted octanol–water partition coefficient (Wildman–Crippen LogP) is 3.81. The molecule has 1 amide bonds. The lowest BCUT2D eigenvalue weighted by Crippen LogP contribution is -2.49. The summed E-state index contributed by atoms with van der Waals surface area (Å²) in [6.07, 6.45) is 3.45. The molecule has 5 heteroatoms. The fourth-order valence-corrected chi connectivity index (χ4v) is 4.20. The quantitative estimate of drug-likeness (QED) is 0.936. The molecule has 2 aromatic rings. The smallest absolute Gasteiger partial charge is 0.242 e. The van der Waals surface area contributed by atoms with Crippen molar-refractivity contribution in [3.05, 3.63) is 23.2 Å². The Morgan fingerprint density at radius 1 is 1.36 bits per heavy atom. The number of carbonyl (C=O) groups is 1. The molecule has 3 rings (SSSR count). The van der Waals surface area contributed by atoms with E-state index in [9.17, 15) is 4.79 Å². The van der Waals surface area contributed by atoms with Crippen molar-refractivity contribution >= 4 is 33.1 Å². The van der Waals surface area contributed by atoms with Gasteiger partial charge in [-0.2, -0.15) is 0 Å². The van der Waals surface area contributed by atoms with Crippen molar-refractivity contribution in [2.45, 2.75) is 52.1 Å². The SMILES string of the molecule is Cc1nc2ccc(NCC(=O)N3C(C)CCCC3C)cc2s1. The Balaban J connectivity index is 1.66. The molecule has 2 heterocycles. The second-order valence-corrected chi connectivity index (χ2v) is 7.43. The molecule has 1 N–H and O–H groups in total. The van der Waals surface area contributed by atoms with Crippen molar-refractivity contribution in [1.29, 1.82) is 0 Å². The lowest BCUT2D eigenvalue weighted by atomic mass is 9.97. The molecule has 2 atom stereocenters. The highest BCUT2D eigenvalue weighted by molar-refractivity contribution is 7.18. The molecule has 1 aromatic heterocycles.